The Bertz CT molecular complexity index is 2880. The maximum Gasteiger partial charge on any atom is 0.217 e. The Morgan fingerprint density at radius 1 is 0.442 bits per heavy atom. The van der Waals surface area contributed by atoms with Crippen LogP contribution in [0.2, 0.25) is 0 Å². The zero-order valence-electron chi connectivity index (χ0n) is 28.3. The monoisotopic (exact) mass is 664 g/mol. The minimum Gasteiger partial charge on any atom is -0.465 e. The number of fused-ring (bicyclic) bond motifs is 11. The van der Waals surface area contributed by atoms with E-state index in [1.54, 1.807) is 0 Å². The van der Waals surface area contributed by atoms with Crippen LogP contribution in [0.5, 0.6) is 0 Å². The van der Waals surface area contributed by atoms with Gasteiger partial charge in [0.15, 0.2) is 6.10 Å². The van der Waals surface area contributed by atoms with Gasteiger partial charge in [0.25, 0.3) is 0 Å². The topological polar surface area (TPSA) is 26.5 Å². The van der Waals surface area contributed by atoms with Gasteiger partial charge in [-0.3, -0.25) is 0 Å². The molecule has 8 aromatic carbocycles. The molecule has 0 fully saturated rings. The fourth-order valence-corrected chi connectivity index (χ4v) is 8.47. The molecule has 0 saturated carbocycles. The number of nitrogens with zero attached hydrogens (tertiary/aromatic N) is 2. The minimum atomic E-state index is -0.231. The molecule has 1 aromatic heterocycles. The van der Waals surface area contributed by atoms with Crippen molar-refractivity contribution in [3.05, 3.63) is 193 Å². The van der Waals surface area contributed by atoms with E-state index in [4.69, 9.17) is 9.73 Å². The molecule has 52 heavy (non-hydrogen) atoms. The molecule has 0 amide bonds. The molecule has 11 rings (SSSR count). The van der Waals surface area contributed by atoms with Gasteiger partial charge in [-0.05, 0) is 97.0 Å². The van der Waals surface area contributed by atoms with Crippen LogP contribution in [0.25, 0.3) is 77.2 Å². The van der Waals surface area contributed by atoms with Gasteiger partial charge in [-0.25, -0.2) is 4.99 Å². The fourth-order valence-electron chi connectivity index (χ4n) is 8.47. The third-order valence-corrected chi connectivity index (χ3v) is 10.9. The van der Waals surface area contributed by atoms with Gasteiger partial charge in [0.05, 0.1) is 11.2 Å². The second-order valence-corrected chi connectivity index (χ2v) is 13.8. The van der Waals surface area contributed by atoms with E-state index in [9.17, 15) is 0 Å². The van der Waals surface area contributed by atoms with Crippen LogP contribution >= 0.6 is 0 Å². The SMILES string of the molecule is C1=CC2N=C(c3ccccc3)OC2c2c1c1cc(-c3ccccc3)ccc1n2-c1ccc(-c2ccc3c4ccccc4c4ccccc4c3c2)cc1. The number of hydrogen-bond donors (Lipinski definition) is 0. The molecule has 9 aromatic rings. The smallest absolute Gasteiger partial charge is 0.217 e. The zero-order chi connectivity index (χ0) is 34.2. The first-order valence-electron chi connectivity index (χ1n) is 17.9. The van der Waals surface area contributed by atoms with Gasteiger partial charge in [0.1, 0.15) is 6.04 Å². The summed E-state index contributed by atoms with van der Waals surface area (Å²) in [6.45, 7) is 0. The lowest BCUT2D eigenvalue weighted by atomic mass is 9.92. The maximum absolute atomic E-state index is 6.76. The van der Waals surface area contributed by atoms with Crippen molar-refractivity contribution in [3.63, 3.8) is 0 Å². The number of aromatic nitrogens is 1. The molecule has 0 N–H and O–H groups in total. The molecule has 1 aliphatic heterocycles. The summed E-state index contributed by atoms with van der Waals surface area (Å²) in [5.41, 5.74) is 10.4. The van der Waals surface area contributed by atoms with E-state index >= 15 is 0 Å². The van der Waals surface area contributed by atoms with Crippen LogP contribution in [0.3, 0.4) is 0 Å². The van der Waals surface area contributed by atoms with Gasteiger partial charge in [0, 0.05) is 22.2 Å². The third-order valence-electron chi connectivity index (χ3n) is 10.9. The Kier molecular flexibility index (Phi) is 6.38. The van der Waals surface area contributed by atoms with Gasteiger partial charge in [-0.2, -0.15) is 0 Å². The molecule has 2 unspecified atom stereocenters. The largest absolute Gasteiger partial charge is 0.465 e. The van der Waals surface area contributed by atoms with E-state index in [0.29, 0.717) is 5.90 Å². The quantitative estimate of drug-likeness (QED) is 0.172. The van der Waals surface area contributed by atoms with Crippen molar-refractivity contribution in [2.75, 3.05) is 0 Å². The first-order valence-corrected chi connectivity index (χ1v) is 17.9. The van der Waals surface area contributed by atoms with Crippen molar-refractivity contribution in [1.29, 1.82) is 0 Å². The van der Waals surface area contributed by atoms with Crippen LogP contribution in [0, 0.1) is 0 Å². The lowest BCUT2D eigenvalue weighted by Crippen LogP contribution is -2.19. The molecular weight excluding hydrogens is 633 g/mol. The van der Waals surface area contributed by atoms with E-state index in [0.717, 1.165) is 22.5 Å². The Balaban J connectivity index is 1.05. The summed E-state index contributed by atoms with van der Waals surface area (Å²) in [6.07, 6.45) is 4.23. The minimum absolute atomic E-state index is 0.0952. The molecule has 0 radical (unpaired) electrons. The van der Waals surface area contributed by atoms with E-state index < -0.39 is 0 Å². The van der Waals surface area contributed by atoms with Crippen molar-refractivity contribution < 1.29 is 4.74 Å². The summed E-state index contributed by atoms with van der Waals surface area (Å²) in [5.74, 6) is 0.696. The molecule has 0 bridgehead atoms. The molecule has 1 aliphatic carbocycles. The average Bonchev–Trinajstić information content (AvgIpc) is 3.81. The highest BCUT2D eigenvalue weighted by atomic mass is 16.5. The normalized spacial score (nSPS) is 16.3. The second-order valence-electron chi connectivity index (χ2n) is 13.8. The Labute approximate surface area is 301 Å². The summed E-state index contributed by atoms with van der Waals surface area (Å²) in [6, 6.07) is 61.0. The summed E-state index contributed by atoms with van der Waals surface area (Å²) >= 11 is 0. The first-order chi connectivity index (χ1) is 25.8. The van der Waals surface area contributed by atoms with E-state index in [1.165, 1.54) is 65.5 Å². The van der Waals surface area contributed by atoms with Gasteiger partial charge in [-0.1, -0.05) is 140 Å². The van der Waals surface area contributed by atoms with Crippen LogP contribution in [0.4, 0.5) is 0 Å². The van der Waals surface area contributed by atoms with Crippen molar-refractivity contribution in [1.82, 2.24) is 4.57 Å². The predicted molar refractivity (Wildman–Crippen MR) is 216 cm³/mol. The molecule has 0 saturated heterocycles. The molecule has 0 spiro atoms. The fraction of sp³-hybridized carbons (Fsp3) is 0.0408. The number of aliphatic imine (C=N–C) groups is 1. The zero-order valence-corrected chi connectivity index (χ0v) is 28.3. The molecule has 3 nitrogen and oxygen atoms in total. The van der Waals surface area contributed by atoms with Crippen LogP contribution in [0.1, 0.15) is 22.9 Å². The Hall–Kier alpha value is -6.71. The molecule has 2 heterocycles. The Morgan fingerprint density at radius 3 is 1.63 bits per heavy atom. The van der Waals surface area contributed by atoms with Crippen LogP contribution in [-0.4, -0.2) is 16.5 Å². The lowest BCUT2D eigenvalue weighted by molar-refractivity contribution is 0.202. The van der Waals surface area contributed by atoms with Crippen molar-refractivity contribution >= 4 is 55.2 Å². The van der Waals surface area contributed by atoms with Crippen molar-refractivity contribution in [2.24, 2.45) is 4.99 Å². The lowest BCUT2D eigenvalue weighted by Gasteiger charge is -2.23. The molecule has 3 heteroatoms. The van der Waals surface area contributed by atoms with Crippen molar-refractivity contribution in [3.8, 4) is 27.9 Å². The van der Waals surface area contributed by atoms with Crippen LogP contribution in [0.15, 0.2) is 181 Å². The average molecular weight is 665 g/mol. The summed E-state index contributed by atoms with van der Waals surface area (Å²) in [5, 5.41) is 8.93. The number of hydrogen-bond acceptors (Lipinski definition) is 2. The standard InChI is InChI=1S/C49H32N2O/c1-3-11-31(12-4-1)35-22-28-46-44(30-35)42-26-27-45-48(52-49(50-45)33-13-5-2-6-14-33)47(42)51(46)36-23-19-32(20-24-36)34-21-25-41-39-17-8-7-15-37(39)38-16-9-10-18-40(38)43(41)29-34/h1-30,45,48H. The highest BCUT2D eigenvalue weighted by molar-refractivity contribution is 6.25. The molecule has 244 valence electrons. The molecular formula is C49H32N2O. The van der Waals surface area contributed by atoms with Crippen molar-refractivity contribution in [2.45, 2.75) is 12.1 Å². The van der Waals surface area contributed by atoms with Gasteiger partial charge in [-0.15, -0.1) is 0 Å². The molecule has 2 aliphatic rings. The first kappa shape index (κ1) is 29.1. The highest BCUT2D eigenvalue weighted by Crippen LogP contribution is 2.45. The third kappa shape index (κ3) is 4.42. The summed E-state index contributed by atoms with van der Waals surface area (Å²) in [4.78, 5) is 5.06. The van der Waals surface area contributed by atoms with E-state index in [-0.39, 0.29) is 12.1 Å². The summed E-state index contributed by atoms with van der Waals surface area (Å²) < 4.78 is 9.16. The van der Waals surface area contributed by atoms with E-state index in [1.807, 2.05) is 18.2 Å². The number of benzene rings is 8. The summed E-state index contributed by atoms with van der Waals surface area (Å²) in [7, 11) is 0. The second kappa shape index (κ2) is 11.4. The van der Waals surface area contributed by atoms with Crippen LogP contribution in [-0.2, 0) is 4.74 Å². The van der Waals surface area contributed by atoms with Gasteiger partial charge >= 0.3 is 0 Å². The van der Waals surface area contributed by atoms with Gasteiger partial charge in [0.2, 0.25) is 5.90 Å². The van der Waals surface area contributed by atoms with Crippen LogP contribution < -0.4 is 0 Å². The number of ether oxygens (including phenoxy) is 1. The molecule has 2 atom stereocenters. The van der Waals surface area contributed by atoms with Gasteiger partial charge < -0.3 is 9.30 Å². The Morgan fingerprint density at radius 2 is 0.962 bits per heavy atom. The van der Waals surface area contributed by atoms with E-state index in [2.05, 4.69) is 168 Å². The highest BCUT2D eigenvalue weighted by Gasteiger charge is 2.39. The maximum atomic E-state index is 6.76. The predicted octanol–water partition coefficient (Wildman–Crippen LogP) is 12.3. The number of rotatable bonds is 4.